The monoisotopic (exact) mass is 501 g/mol. The first-order chi connectivity index (χ1) is 16.0. The maximum Gasteiger partial charge on any atom is 0.243 e. The molecular weight excluding hydrogens is 478 g/mol. The summed E-state index contributed by atoms with van der Waals surface area (Å²) in [4.78, 5) is 20.3. The molecule has 7 nitrogen and oxygen atoms in total. The number of methoxy groups -OCH3 is 1. The summed E-state index contributed by atoms with van der Waals surface area (Å²) in [6, 6.07) is 14.5. The van der Waals surface area contributed by atoms with Gasteiger partial charge < -0.3 is 10.1 Å². The highest BCUT2D eigenvalue weighted by Gasteiger charge is 2.34. The average Bonchev–Trinajstić information content (AvgIpc) is 3.27. The SMILES string of the molecule is COc1ccc(S(=O)(=O)N2CCCC(C(=O)Nc3nc4c(s3)CSc3ccccc3-4)C2)cc1. The summed E-state index contributed by atoms with van der Waals surface area (Å²) >= 11 is 3.26. The Morgan fingerprint density at radius 3 is 2.76 bits per heavy atom. The van der Waals surface area contributed by atoms with Gasteiger partial charge in [-0.05, 0) is 43.2 Å². The predicted octanol–water partition coefficient (Wildman–Crippen LogP) is 4.46. The Hall–Kier alpha value is -2.40. The molecule has 3 heterocycles. The molecule has 5 rings (SSSR count). The van der Waals surface area contributed by atoms with Gasteiger partial charge >= 0.3 is 0 Å². The van der Waals surface area contributed by atoms with E-state index in [1.54, 1.807) is 23.9 Å². The molecule has 1 N–H and O–H groups in total. The van der Waals surface area contributed by atoms with E-state index in [9.17, 15) is 13.2 Å². The van der Waals surface area contributed by atoms with Crippen LogP contribution in [0, 0.1) is 5.92 Å². The molecule has 2 aromatic carbocycles. The number of rotatable bonds is 5. The summed E-state index contributed by atoms with van der Waals surface area (Å²) in [5.41, 5.74) is 2.02. The van der Waals surface area contributed by atoms with Gasteiger partial charge in [-0.1, -0.05) is 18.2 Å². The Morgan fingerprint density at radius 2 is 1.97 bits per heavy atom. The van der Waals surface area contributed by atoms with Gasteiger partial charge in [0.2, 0.25) is 15.9 Å². The maximum absolute atomic E-state index is 13.1. The van der Waals surface area contributed by atoms with E-state index < -0.39 is 15.9 Å². The number of thiazole rings is 1. The minimum absolute atomic E-state index is 0.157. The van der Waals surface area contributed by atoms with Crippen LogP contribution in [0.1, 0.15) is 17.7 Å². The third-order valence-electron chi connectivity index (χ3n) is 5.88. The molecule has 172 valence electrons. The second kappa shape index (κ2) is 9.09. The first-order valence-corrected chi connectivity index (χ1v) is 13.9. The van der Waals surface area contributed by atoms with Crippen LogP contribution in [0.15, 0.2) is 58.3 Å². The Labute approximate surface area is 201 Å². The van der Waals surface area contributed by atoms with Crippen molar-refractivity contribution in [2.75, 3.05) is 25.5 Å². The highest BCUT2D eigenvalue weighted by Crippen LogP contribution is 2.44. The van der Waals surface area contributed by atoms with Crippen LogP contribution in [0.3, 0.4) is 0 Å². The summed E-state index contributed by atoms with van der Waals surface area (Å²) in [7, 11) is -2.14. The highest BCUT2D eigenvalue weighted by atomic mass is 32.2. The zero-order chi connectivity index (χ0) is 23.0. The number of nitrogens with one attached hydrogen (secondary N) is 1. The van der Waals surface area contributed by atoms with Crippen LogP contribution in [0.4, 0.5) is 5.13 Å². The third kappa shape index (κ3) is 4.40. The van der Waals surface area contributed by atoms with Crippen LogP contribution in [0.2, 0.25) is 0 Å². The van der Waals surface area contributed by atoms with E-state index in [1.165, 1.54) is 39.8 Å². The average molecular weight is 502 g/mol. The van der Waals surface area contributed by atoms with E-state index in [2.05, 4.69) is 22.4 Å². The molecule has 0 spiro atoms. The van der Waals surface area contributed by atoms with Gasteiger partial charge in [0.05, 0.1) is 23.6 Å². The number of nitrogens with zero attached hydrogens (tertiary/aromatic N) is 2. The lowest BCUT2D eigenvalue weighted by atomic mass is 9.99. The molecule has 2 aliphatic rings. The fourth-order valence-corrected chi connectivity index (χ4v) is 7.75. The number of ether oxygens (including phenoxy) is 1. The van der Waals surface area contributed by atoms with Crippen molar-refractivity contribution < 1.29 is 17.9 Å². The maximum atomic E-state index is 13.1. The van der Waals surface area contributed by atoms with E-state index >= 15 is 0 Å². The van der Waals surface area contributed by atoms with Gasteiger partial charge in [0.15, 0.2) is 5.13 Å². The lowest BCUT2D eigenvalue weighted by molar-refractivity contribution is -0.120. The van der Waals surface area contributed by atoms with Gasteiger partial charge in [-0.15, -0.1) is 23.1 Å². The van der Waals surface area contributed by atoms with Crippen molar-refractivity contribution in [1.29, 1.82) is 0 Å². The van der Waals surface area contributed by atoms with E-state index in [-0.39, 0.29) is 17.3 Å². The van der Waals surface area contributed by atoms with Gasteiger partial charge in [0.1, 0.15) is 5.75 Å². The first kappa shape index (κ1) is 22.4. The number of aromatic nitrogens is 1. The summed E-state index contributed by atoms with van der Waals surface area (Å²) in [6.07, 6.45) is 1.27. The lowest BCUT2D eigenvalue weighted by Gasteiger charge is -2.31. The largest absolute Gasteiger partial charge is 0.497 e. The number of carbonyl (C=O) groups excluding carboxylic acids is 1. The third-order valence-corrected chi connectivity index (χ3v) is 10.0. The van der Waals surface area contributed by atoms with Crippen molar-refractivity contribution in [1.82, 2.24) is 9.29 Å². The first-order valence-electron chi connectivity index (χ1n) is 10.6. The van der Waals surface area contributed by atoms with E-state index in [4.69, 9.17) is 4.74 Å². The Morgan fingerprint density at radius 1 is 1.18 bits per heavy atom. The molecule has 0 aliphatic carbocycles. The van der Waals surface area contributed by atoms with Gasteiger partial charge in [-0.3, -0.25) is 4.79 Å². The second-order valence-corrected chi connectivity index (χ2v) is 12.0. The topological polar surface area (TPSA) is 88.6 Å². The van der Waals surface area contributed by atoms with Crippen LogP contribution in [-0.4, -0.2) is 43.8 Å². The molecule has 3 aromatic rings. The normalized spacial score (nSPS) is 18.3. The second-order valence-electron chi connectivity index (χ2n) is 7.94. The Kier molecular flexibility index (Phi) is 6.17. The summed E-state index contributed by atoms with van der Waals surface area (Å²) in [5, 5.41) is 3.51. The van der Waals surface area contributed by atoms with Gasteiger partial charge in [-0.2, -0.15) is 4.31 Å². The zero-order valence-corrected chi connectivity index (χ0v) is 20.4. The smallest absolute Gasteiger partial charge is 0.243 e. The minimum Gasteiger partial charge on any atom is -0.497 e. The number of piperidine rings is 1. The van der Waals surface area contributed by atoms with Gasteiger partial charge in [0, 0.05) is 34.2 Å². The van der Waals surface area contributed by atoms with Gasteiger partial charge in [-0.25, -0.2) is 13.4 Å². The van der Waals surface area contributed by atoms with Crippen molar-refractivity contribution in [2.45, 2.75) is 28.4 Å². The number of hydrogen-bond acceptors (Lipinski definition) is 7. The minimum atomic E-state index is -3.68. The standard InChI is InChI=1S/C23H23N3O4S3/c1-30-16-8-10-17(11-9-16)33(28,29)26-12-4-5-15(13-26)22(27)25-23-24-21-18-6-2-3-7-19(18)31-14-20(21)32-23/h2-3,6-11,15H,4-5,12-14H2,1H3,(H,24,25,27). The molecule has 2 aliphatic heterocycles. The summed E-state index contributed by atoms with van der Waals surface area (Å²) in [6.45, 7) is 0.557. The number of anilines is 1. The van der Waals surface area contributed by atoms with Crippen LogP contribution in [0.25, 0.3) is 11.3 Å². The lowest BCUT2D eigenvalue weighted by Crippen LogP contribution is -2.43. The fourth-order valence-electron chi connectivity index (χ4n) is 4.12. The molecule has 0 saturated carbocycles. The number of sulfonamides is 1. The van der Waals surface area contributed by atoms with Crippen LogP contribution >= 0.6 is 23.1 Å². The molecule has 1 atom stereocenters. The molecule has 10 heteroatoms. The molecule has 1 fully saturated rings. The van der Waals surface area contributed by atoms with Crippen molar-refractivity contribution in [3.05, 3.63) is 53.4 Å². The number of amides is 1. The fraction of sp³-hybridized carbons (Fsp3) is 0.304. The van der Waals surface area contributed by atoms with Crippen LogP contribution in [-0.2, 0) is 20.6 Å². The number of hydrogen-bond donors (Lipinski definition) is 1. The molecule has 1 unspecified atom stereocenters. The summed E-state index contributed by atoms with van der Waals surface area (Å²) < 4.78 is 32.7. The Balaban J connectivity index is 1.30. The molecular formula is C23H23N3O4S3. The molecule has 1 saturated heterocycles. The van der Waals surface area contributed by atoms with E-state index in [1.807, 2.05) is 12.1 Å². The molecule has 1 amide bonds. The quantitative estimate of drug-likeness (QED) is 0.555. The number of thioether (sulfide) groups is 1. The number of fused-ring (bicyclic) bond motifs is 3. The van der Waals surface area contributed by atoms with Gasteiger partial charge in [0.25, 0.3) is 0 Å². The molecule has 0 bridgehead atoms. The highest BCUT2D eigenvalue weighted by molar-refractivity contribution is 7.98. The van der Waals surface area contributed by atoms with E-state index in [0.717, 1.165) is 21.9 Å². The van der Waals surface area contributed by atoms with Crippen molar-refractivity contribution in [3.8, 4) is 17.0 Å². The summed E-state index contributed by atoms with van der Waals surface area (Å²) in [5.74, 6) is 0.819. The van der Waals surface area contributed by atoms with Crippen molar-refractivity contribution in [2.24, 2.45) is 5.92 Å². The van der Waals surface area contributed by atoms with Crippen LogP contribution in [0.5, 0.6) is 5.75 Å². The van der Waals surface area contributed by atoms with Crippen LogP contribution < -0.4 is 10.1 Å². The zero-order valence-electron chi connectivity index (χ0n) is 18.0. The Bertz CT molecular complexity index is 1290. The van der Waals surface area contributed by atoms with E-state index in [0.29, 0.717) is 30.3 Å². The number of benzene rings is 2. The molecule has 0 radical (unpaired) electrons. The van der Waals surface area contributed by atoms with Crippen molar-refractivity contribution >= 4 is 44.2 Å². The molecule has 1 aromatic heterocycles. The predicted molar refractivity (Wildman–Crippen MR) is 130 cm³/mol. The number of carbonyl (C=O) groups is 1. The van der Waals surface area contributed by atoms with Crippen molar-refractivity contribution in [3.63, 3.8) is 0 Å². The molecule has 33 heavy (non-hydrogen) atoms.